The molecule has 0 fully saturated rings. The first-order valence-electron chi connectivity index (χ1n) is 23.5. The number of aryl methyl sites for hydroxylation is 4. The summed E-state index contributed by atoms with van der Waals surface area (Å²) in [5.41, 5.74) is 28.1. The zero-order valence-corrected chi connectivity index (χ0v) is 40.8. The van der Waals surface area contributed by atoms with Crippen LogP contribution in [0.2, 0.25) is 0 Å². The molecule has 16 bridgehead atoms. The van der Waals surface area contributed by atoms with E-state index in [1.165, 1.54) is 66.6 Å². The van der Waals surface area contributed by atoms with Crippen molar-refractivity contribution < 1.29 is 2.85 Å². The molecule has 328 valence electrons. The van der Waals surface area contributed by atoms with E-state index in [1.807, 2.05) is 42.5 Å². The number of H-pyrrole nitrogens is 4. The monoisotopic (exact) mass is 870 g/mol. The number of aromatic amines is 4. The third-order valence-corrected chi connectivity index (χ3v) is 13.0. The van der Waals surface area contributed by atoms with Crippen LogP contribution in [0.25, 0.3) is 90.7 Å². The molecular weight excluding hydrogens is 809 g/mol. The van der Waals surface area contributed by atoms with Gasteiger partial charge in [-0.15, -0.1) is 0 Å². The molecule has 65 heavy (non-hydrogen) atoms. The van der Waals surface area contributed by atoms with Gasteiger partial charge in [0.1, 0.15) is 0 Å². The van der Waals surface area contributed by atoms with Crippen molar-refractivity contribution in [3.8, 4) is 0 Å². The SMILES string of the molecule is C1=Cc2cc3ccc(cc4ccc(cc5nc(cc1n2)C=C5)[nH]4)[nH]3.CCC1=C(CC)c2cc3[nH]c(cc4[nH]c(cc5nc(cc1n2)C(CC)=C5CC)c(CC)c4CC)c(CC)c3CC.[H-].[H-].[Mg+2]. The summed E-state index contributed by atoms with van der Waals surface area (Å²) < 4.78 is 0. The van der Waals surface area contributed by atoms with Gasteiger partial charge >= 0.3 is 23.1 Å². The molecule has 4 aliphatic rings. The van der Waals surface area contributed by atoms with Gasteiger partial charge in [-0.25, -0.2) is 19.9 Å². The average molecular weight is 871 g/mol. The van der Waals surface area contributed by atoms with Crippen molar-refractivity contribution in [2.45, 2.75) is 107 Å². The molecule has 0 aliphatic carbocycles. The predicted octanol–water partition coefficient (Wildman–Crippen LogP) is 14.5. The van der Waals surface area contributed by atoms with Gasteiger partial charge in [-0.3, -0.25) is 0 Å². The number of aromatic nitrogens is 8. The molecule has 6 aromatic heterocycles. The van der Waals surface area contributed by atoms with Crippen LogP contribution in [-0.4, -0.2) is 62.9 Å². The summed E-state index contributed by atoms with van der Waals surface area (Å²) in [6.07, 6.45) is 15.9. The van der Waals surface area contributed by atoms with Crippen molar-refractivity contribution in [1.82, 2.24) is 39.9 Å². The van der Waals surface area contributed by atoms with Gasteiger partial charge in [0.05, 0.1) is 45.6 Å². The molecule has 4 N–H and O–H groups in total. The zero-order valence-electron chi connectivity index (χ0n) is 41.4. The topological polar surface area (TPSA) is 115 Å². The molecule has 6 aromatic rings. The van der Waals surface area contributed by atoms with E-state index in [2.05, 4.69) is 140 Å². The van der Waals surface area contributed by atoms with Crippen LogP contribution in [-0.2, 0) is 25.7 Å². The molecule has 10 rings (SSSR count). The Morgan fingerprint density at radius 2 is 0.631 bits per heavy atom. The molecule has 0 amide bonds. The van der Waals surface area contributed by atoms with Crippen LogP contribution in [0.3, 0.4) is 0 Å². The van der Waals surface area contributed by atoms with Gasteiger partial charge in [0.15, 0.2) is 0 Å². The molecule has 0 spiro atoms. The van der Waals surface area contributed by atoms with E-state index in [0.717, 1.165) is 119 Å². The first-order chi connectivity index (χ1) is 31.3. The predicted molar refractivity (Wildman–Crippen MR) is 280 cm³/mol. The molecule has 9 heteroatoms. The number of hydrogen-bond acceptors (Lipinski definition) is 4. The van der Waals surface area contributed by atoms with Crippen LogP contribution in [0.5, 0.6) is 0 Å². The number of allylic oxidation sites excluding steroid dienone is 4. The maximum absolute atomic E-state index is 5.28. The second kappa shape index (κ2) is 19.6. The Labute approximate surface area is 401 Å². The molecular formula is C56H62MgN8. The van der Waals surface area contributed by atoms with Crippen molar-refractivity contribution >= 4 is 114 Å². The fraction of sp³-hybridized carbons (Fsp3) is 0.286. The van der Waals surface area contributed by atoms with Gasteiger partial charge in [0.2, 0.25) is 0 Å². The third kappa shape index (κ3) is 9.01. The second-order valence-corrected chi connectivity index (χ2v) is 16.8. The van der Waals surface area contributed by atoms with Crippen molar-refractivity contribution in [1.29, 1.82) is 0 Å². The Hall–Kier alpha value is -6.03. The van der Waals surface area contributed by atoms with E-state index < -0.39 is 0 Å². The van der Waals surface area contributed by atoms with Crippen LogP contribution in [0.4, 0.5) is 0 Å². The van der Waals surface area contributed by atoms with E-state index in [-0.39, 0.29) is 25.9 Å². The number of nitrogens with zero attached hydrogens (tertiary/aromatic N) is 4. The summed E-state index contributed by atoms with van der Waals surface area (Å²) >= 11 is 0. The summed E-state index contributed by atoms with van der Waals surface area (Å²) in [6, 6.07) is 25.6. The number of rotatable bonds is 8. The first kappa shape index (κ1) is 45.5. The summed E-state index contributed by atoms with van der Waals surface area (Å²) in [5.74, 6) is 0. The Morgan fingerprint density at radius 1 is 0.323 bits per heavy atom. The second-order valence-electron chi connectivity index (χ2n) is 16.8. The van der Waals surface area contributed by atoms with Crippen LogP contribution in [0, 0.1) is 0 Å². The van der Waals surface area contributed by atoms with Crippen molar-refractivity contribution in [2.75, 3.05) is 0 Å². The van der Waals surface area contributed by atoms with E-state index in [4.69, 9.17) is 9.97 Å². The number of hydrogen-bond donors (Lipinski definition) is 4. The molecule has 0 saturated heterocycles. The van der Waals surface area contributed by atoms with Crippen molar-refractivity contribution in [3.05, 3.63) is 141 Å². The van der Waals surface area contributed by atoms with Crippen LogP contribution in [0.1, 0.15) is 152 Å². The molecule has 0 aromatic carbocycles. The normalized spacial score (nSPS) is 13.0. The molecule has 0 saturated carbocycles. The Balaban J connectivity index is 0.000000235. The Bertz CT molecular complexity index is 3070. The molecule has 0 radical (unpaired) electrons. The summed E-state index contributed by atoms with van der Waals surface area (Å²) in [4.78, 5) is 34.3. The fourth-order valence-electron chi connectivity index (χ4n) is 10.0. The maximum atomic E-state index is 5.28. The molecule has 4 aliphatic heterocycles. The fourth-order valence-corrected chi connectivity index (χ4v) is 10.0. The number of nitrogens with one attached hydrogen (secondary N) is 4. The van der Waals surface area contributed by atoms with Gasteiger partial charge in [0, 0.05) is 44.1 Å². The van der Waals surface area contributed by atoms with Crippen LogP contribution >= 0.6 is 0 Å². The summed E-state index contributed by atoms with van der Waals surface area (Å²) in [7, 11) is 0. The van der Waals surface area contributed by atoms with E-state index in [0.29, 0.717) is 0 Å². The maximum Gasteiger partial charge on any atom is 2.00 e. The minimum atomic E-state index is 0. The van der Waals surface area contributed by atoms with Crippen LogP contribution < -0.4 is 0 Å². The minimum absolute atomic E-state index is 0. The standard InChI is InChI=1S/C36H46N4.C20H14N4.Mg.2H/c1-9-21-22(10-2)30-18-32-25(13-5)26(14-6)34(39-32)20-36-28(16-8)27(15-7)35(40-36)19-33-24(12-4)23(11-3)31(38-33)17-29(21)37-30;1-2-14-10-16-5-6-18(23-16)12-20-8-7-19(24-20)11-17-4-3-15(22-17)9-13(1)21-14;;;/h17-20,37-38H,9-16H2,1-8H3;1-12,21-22H;;;/q;;+2;2*-1. The van der Waals surface area contributed by atoms with Gasteiger partial charge in [-0.1, -0.05) is 55.4 Å². The van der Waals surface area contributed by atoms with Gasteiger partial charge in [0.25, 0.3) is 0 Å². The summed E-state index contributed by atoms with van der Waals surface area (Å²) in [5, 5.41) is 0. The van der Waals surface area contributed by atoms with Gasteiger partial charge in [-0.2, -0.15) is 0 Å². The van der Waals surface area contributed by atoms with E-state index >= 15 is 0 Å². The van der Waals surface area contributed by atoms with Gasteiger partial charge < -0.3 is 22.8 Å². The average Bonchev–Trinajstić information content (AvgIpc) is 4.17. The van der Waals surface area contributed by atoms with E-state index in [9.17, 15) is 0 Å². The molecule has 8 nitrogen and oxygen atoms in total. The van der Waals surface area contributed by atoms with Crippen molar-refractivity contribution in [2.24, 2.45) is 0 Å². The third-order valence-electron chi connectivity index (χ3n) is 13.0. The smallest absolute Gasteiger partial charge is 1.00 e. The Morgan fingerprint density at radius 3 is 0.969 bits per heavy atom. The minimum Gasteiger partial charge on any atom is -1.00 e. The molecule has 0 unspecified atom stereocenters. The number of fused-ring (bicyclic) bond motifs is 16. The Kier molecular flexibility index (Phi) is 13.7. The molecule has 10 heterocycles. The van der Waals surface area contributed by atoms with Crippen molar-refractivity contribution in [3.63, 3.8) is 0 Å². The summed E-state index contributed by atoms with van der Waals surface area (Å²) in [6.45, 7) is 18.1. The van der Waals surface area contributed by atoms with E-state index in [1.54, 1.807) is 0 Å². The molecule has 0 atom stereocenters. The van der Waals surface area contributed by atoms with Gasteiger partial charge in [-0.05, 0) is 193 Å². The zero-order chi connectivity index (χ0) is 44.5. The first-order valence-corrected chi connectivity index (χ1v) is 23.5. The largest absolute Gasteiger partial charge is 2.00 e. The quantitative estimate of drug-likeness (QED) is 0.114. The van der Waals surface area contributed by atoms with Crippen LogP contribution in [0.15, 0.2) is 72.8 Å².